The third-order valence-corrected chi connectivity index (χ3v) is 3.94. The van der Waals surface area contributed by atoms with Crippen molar-refractivity contribution in [2.75, 3.05) is 5.73 Å². The van der Waals surface area contributed by atoms with E-state index in [0.717, 1.165) is 11.1 Å². The molecule has 0 saturated heterocycles. The van der Waals surface area contributed by atoms with Crippen LogP contribution in [0.5, 0.6) is 5.75 Å². The Morgan fingerprint density at radius 1 is 0.833 bits per heavy atom. The number of aliphatic hydroxyl groups excluding tert-OH is 1. The summed E-state index contributed by atoms with van der Waals surface area (Å²) in [6.45, 7) is 0.485. The van der Waals surface area contributed by atoms with Crippen LogP contribution in [-0.2, 0) is 13.0 Å². The molecule has 3 N–H and O–H groups in total. The Kier molecular flexibility index (Phi) is 5.14. The molecule has 1 atom stereocenters. The lowest BCUT2D eigenvalue weighted by Crippen LogP contribution is -2.06. The van der Waals surface area contributed by atoms with Gasteiger partial charge in [-0.3, -0.25) is 0 Å². The van der Waals surface area contributed by atoms with Crippen LogP contribution in [0, 0.1) is 0 Å². The molecule has 0 radical (unpaired) electrons. The van der Waals surface area contributed by atoms with Crippen molar-refractivity contribution in [2.45, 2.75) is 19.1 Å². The highest BCUT2D eigenvalue weighted by Gasteiger charge is 2.13. The van der Waals surface area contributed by atoms with Gasteiger partial charge in [-0.2, -0.15) is 0 Å². The first-order valence-electron chi connectivity index (χ1n) is 8.00. The molecule has 0 amide bonds. The van der Waals surface area contributed by atoms with E-state index in [1.165, 1.54) is 0 Å². The van der Waals surface area contributed by atoms with Crippen LogP contribution in [0.2, 0.25) is 0 Å². The fourth-order valence-electron chi connectivity index (χ4n) is 2.62. The Morgan fingerprint density at radius 2 is 1.46 bits per heavy atom. The number of rotatable bonds is 6. The summed E-state index contributed by atoms with van der Waals surface area (Å²) in [6, 6.07) is 25.3. The predicted octanol–water partition coefficient (Wildman–Crippen LogP) is 4.12. The molecule has 3 heteroatoms. The highest BCUT2D eigenvalue weighted by molar-refractivity contribution is 5.52. The minimum atomic E-state index is -0.660. The van der Waals surface area contributed by atoms with Crippen molar-refractivity contribution in [1.29, 1.82) is 0 Å². The van der Waals surface area contributed by atoms with Crippen molar-refractivity contribution < 1.29 is 9.84 Å². The summed E-state index contributed by atoms with van der Waals surface area (Å²) < 4.78 is 5.82. The lowest BCUT2D eigenvalue weighted by molar-refractivity contribution is 0.178. The van der Waals surface area contributed by atoms with Crippen molar-refractivity contribution >= 4 is 5.69 Å². The van der Waals surface area contributed by atoms with Gasteiger partial charge in [0.05, 0.1) is 6.10 Å². The number of benzene rings is 3. The summed E-state index contributed by atoms with van der Waals surface area (Å²) in [7, 11) is 0. The van der Waals surface area contributed by atoms with E-state index in [1.54, 1.807) is 6.07 Å². The monoisotopic (exact) mass is 319 g/mol. The summed E-state index contributed by atoms with van der Waals surface area (Å²) in [5, 5.41) is 10.5. The van der Waals surface area contributed by atoms with Gasteiger partial charge >= 0.3 is 0 Å². The summed E-state index contributed by atoms with van der Waals surface area (Å²) in [6.07, 6.45) is -0.139. The number of ether oxygens (including phenoxy) is 1. The molecule has 0 bridgehead atoms. The molecule has 3 aromatic carbocycles. The highest BCUT2D eigenvalue weighted by Crippen LogP contribution is 2.28. The number of nitrogen functional groups attached to an aromatic ring is 1. The molecular formula is C21H21NO2. The fourth-order valence-corrected chi connectivity index (χ4v) is 2.62. The van der Waals surface area contributed by atoms with Gasteiger partial charge in [0.2, 0.25) is 0 Å². The van der Waals surface area contributed by atoms with Gasteiger partial charge in [-0.25, -0.2) is 0 Å². The topological polar surface area (TPSA) is 55.5 Å². The van der Waals surface area contributed by atoms with Crippen molar-refractivity contribution in [1.82, 2.24) is 0 Å². The maximum absolute atomic E-state index is 10.5. The van der Waals surface area contributed by atoms with Gasteiger partial charge in [0.1, 0.15) is 12.4 Å². The fraction of sp³-hybridized carbons (Fsp3) is 0.143. The van der Waals surface area contributed by atoms with E-state index in [2.05, 4.69) is 0 Å². The smallest absolute Gasteiger partial charge is 0.120 e. The second-order valence-corrected chi connectivity index (χ2v) is 5.77. The van der Waals surface area contributed by atoms with Crippen molar-refractivity contribution in [2.24, 2.45) is 0 Å². The largest absolute Gasteiger partial charge is 0.489 e. The molecule has 3 rings (SSSR count). The summed E-state index contributed by atoms with van der Waals surface area (Å²) in [5.41, 5.74) is 9.48. The van der Waals surface area contributed by atoms with E-state index in [-0.39, 0.29) is 0 Å². The predicted molar refractivity (Wildman–Crippen MR) is 96.7 cm³/mol. The quantitative estimate of drug-likeness (QED) is 0.672. The Bertz CT molecular complexity index is 772. The molecule has 0 aliphatic rings. The molecule has 3 nitrogen and oxygen atoms in total. The molecule has 24 heavy (non-hydrogen) atoms. The maximum atomic E-state index is 10.5. The number of hydrogen-bond donors (Lipinski definition) is 2. The van der Waals surface area contributed by atoms with E-state index in [9.17, 15) is 5.11 Å². The van der Waals surface area contributed by atoms with Gasteiger partial charge in [0.15, 0.2) is 0 Å². The van der Waals surface area contributed by atoms with Crippen LogP contribution >= 0.6 is 0 Å². The van der Waals surface area contributed by atoms with E-state index in [1.807, 2.05) is 72.8 Å². The molecular weight excluding hydrogens is 298 g/mol. The van der Waals surface area contributed by atoms with Crippen LogP contribution in [0.3, 0.4) is 0 Å². The van der Waals surface area contributed by atoms with Gasteiger partial charge in [-0.1, -0.05) is 60.7 Å². The first kappa shape index (κ1) is 16.1. The SMILES string of the molecule is Nc1ccc(OCc2ccccc2)cc1C(O)Cc1ccccc1. The van der Waals surface area contributed by atoms with Gasteiger partial charge < -0.3 is 15.6 Å². The van der Waals surface area contributed by atoms with Crippen molar-refractivity contribution in [3.63, 3.8) is 0 Å². The average molecular weight is 319 g/mol. The lowest BCUT2D eigenvalue weighted by atomic mass is 10.00. The Labute approximate surface area is 142 Å². The van der Waals surface area contributed by atoms with Crippen LogP contribution in [0.25, 0.3) is 0 Å². The third-order valence-electron chi connectivity index (χ3n) is 3.94. The van der Waals surface area contributed by atoms with Crippen LogP contribution in [0.15, 0.2) is 78.9 Å². The standard InChI is InChI=1S/C21H21NO2/c22-20-12-11-18(24-15-17-9-5-2-6-10-17)14-19(20)21(23)13-16-7-3-1-4-8-16/h1-12,14,21,23H,13,15,22H2. The Hall–Kier alpha value is -2.78. The number of hydrogen-bond acceptors (Lipinski definition) is 3. The van der Waals surface area contributed by atoms with E-state index >= 15 is 0 Å². The molecule has 3 aromatic rings. The zero-order valence-electron chi connectivity index (χ0n) is 13.4. The first-order valence-corrected chi connectivity index (χ1v) is 8.00. The molecule has 0 aliphatic heterocycles. The first-order chi connectivity index (χ1) is 11.7. The minimum Gasteiger partial charge on any atom is -0.489 e. The summed E-state index contributed by atoms with van der Waals surface area (Å²) >= 11 is 0. The van der Waals surface area contributed by atoms with Crippen molar-refractivity contribution in [3.05, 3.63) is 95.6 Å². The number of anilines is 1. The molecule has 0 heterocycles. The highest BCUT2D eigenvalue weighted by atomic mass is 16.5. The maximum Gasteiger partial charge on any atom is 0.120 e. The average Bonchev–Trinajstić information content (AvgIpc) is 2.62. The van der Waals surface area contributed by atoms with Crippen LogP contribution in [0.1, 0.15) is 22.8 Å². The molecule has 0 aromatic heterocycles. The lowest BCUT2D eigenvalue weighted by Gasteiger charge is -2.15. The zero-order valence-corrected chi connectivity index (χ0v) is 13.4. The Morgan fingerprint density at radius 3 is 2.12 bits per heavy atom. The number of nitrogens with two attached hydrogens (primary N) is 1. The van der Waals surface area contributed by atoms with Crippen molar-refractivity contribution in [3.8, 4) is 5.75 Å². The summed E-state index contributed by atoms with van der Waals surface area (Å²) in [5.74, 6) is 0.704. The van der Waals surface area contributed by atoms with Crippen LogP contribution in [-0.4, -0.2) is 5.11 Å². The van der Waals surface area contributed by atoms with Crippen LogP contribution < -0.4 is 10.5 Å². The molecule has 0 spiro atoms. The minimum absolute atomic E-state index is 0.485. The van der Waals surface area contributed by atoms with Gasteiger partial charge in [0, 0.05) is 17.7 Å². The van der Waals surface area contributed by atoms with E-state index in [0.29, 0.717) is 30.0 Å². The van der Waals surface area contributed by atoms with Gasteiger partial charge in [0.25, 0.3) is 0 Å². The molecule has 0 aliphatic carbocycles. The normalized spacial score (nSPS) is 11.9. The molecule has 0 saturated carbocycles. The van der Waals surface area contributed by atoms with E-state index < -0.39 is 6.10 Å². The second kappa shape index (κ2) is 7.66. The zero-order chi connectivity index (χ0) is 16.8. The van der Waals surface area contributed by atoms with Gasteiger partial charge in [-0.05, 0) is 29.3 Å². The second-order valence-electron chi connectivity index (χ2n) is 5.77. The third kappa shape index (κ3) is 4.15. The number of aliphatic hydroxyl groups is 1. The molecule has 0 fully saturated rings. The summed E-state index contributed by atoms with van der Waals surface area (Å²) in [4.78, 5) is 0. The molecule has 1 unspecified atom stereocenters. The van der Waals surface area contributed by atoms with E-state index in [4.69, 9.17) is 10.5 Å². The Balaban J connectivity index is 1.71. The molecule has 122 valence electrons. The van der Waals surface area contributed by atoms with Gasteiger partial charge in [-0.15, -0.1) is 0 Å². The van der Waals surface area contributed by atoms with Crippen LogP contribution in [0.4, 0.5) is 5.69 Å².